The maximum absolute atomic E-state index is 12.7. The molecule has 1 heterocycles. The van der Waals surface area contributed by atoms with Crippen molar-refractivity contribution in [1.82, 2.24) is 10.3 Å². The summed E-state index contributed by atoms with van der Waals surface area (Å²) in [5.74, 6) is 2.27. The van der Waals surface area contributed by atoms with E-state index in [1.807, 2.05) is 0 Å². The molecular weight excluding hydrogens is 191 g/mol. The molecule has 0 fully saturated rings. The molecule has 15 heavy (non-hydrogen) atoms. The molecule has 1 aromatic heterocycles. The topological polar surface area (TPSA) is 24.9 Å². The number of aromatic nitrogens is 1. The molecule has 0 saturated heterocycles. The lowest BCUT2D eigenvalue weighted by Crippen LogP contribution is -2.22. The van der Waals surface area contributed by atoms with Gasteiger partial charge in [-0.3, -0.25) is 4.98 Å². The summed E-state index contributed by atoms with van der Waals surface area (Å²) in [4.78, 5) is 4.02. The van der Waals surface area contributed by atoms with Crippen molar-refractivity contribution in [2.75, 3.05) is 6.54 Å². The van der Waals surface area contributed by atoms with E-state index < -0.39 is 0 Å². The highest BCUT2D eigenvalue weighted by Crippen LogP contribution is 2.13. The third-order valence-corrected chi connectivity index (χ3v) is 2.07. The van der Waals surface area contributed by atoms with E-state index in [4.69, 9.17) is 6.42 Å². The Labute approximate surface area is 89.9 Å². The van der Waals surface area contributed by atoms with Crippen molar-refractivity contribution < 1.29 is 4.39 Å². The molecule has 1 atom stereocenters. The maximum atomic E-state index is 12.7. The average Bonchev–Trinajstić information content (AvgIpc) is 2.25. The molecule has 0 aliphatic heterocycles. The van der Waals surface area contributed by atoms with Gasteiger partial charge in [0, 0.05) is 6.42 Å². The van der Waals surface area contributed by atoms with Gasteiger partial charge in [-0.05, 0) is 25.1 Å². The van der Waals surface area contributed by atoms with Crippen LogP contribution in [0.4, 0.5) is 4.39 Å². The summed E-state index contributed by atoms with van der Waals surface area (Å²) < 4.78 is 12.7. The minimum atomic E-state index is -0.325. The molecule has 1 unspecified atom stereocenters. The predicted octanol–water partition coefficient (Wildman–Crippen LogP) is 2.28. The third-order valence-electron chi connectivity index (χ3n) is 2.07. The number of terminal acetylenes is 1. The van der Waals surface area contributed by atoms with Crippen LogP contribution in [0.2, 0.25) is 0 Å². The van der Waals surface area contributed by atoms with Crippen molar-refractivity contribution in [3.8, 4) is 12.3 Å². The van der Waals surface area contributed by atoms with Gasteiger partial charge in [0.05, 0.1) is 17.9 Å². The van der Waals surface area contributed by atoms with Crippen LogP contribution < -0.4 is 5.32 Å². The van der Waals surface area contributed by atoms with Crippen LogP contribution in [-0.4, -0.2) is 11.5 Å². The molecule has 1 N–H and O–H groups in total. The van der Waals surface area contributed by atoms with Gasteiger partial charge in [-0.15, -0.1) is 12.3 Å². The van der Waals surface area contributed by atoms with Gasteiger partial charge in [0.25, 0.3) is 0 Å². The molecule has 0 aliphatic rings. The minimum Gasteiger partial charge on any atom is -0.308 e. The molecule has 0 spiro atoms. The number of hydrogen-bond donors (Lipinski definition) is 1. The predicted molar refractivity (Wildman–Crippen MR) is 58.7 cm³/mol. The van der Waals surface area contributed by atoms with Gasteiger partial charge in [-0.25, -0.2) is 4.39 Å². The highest BCUT2D eigenvalue weighted by atomic mass is 19.1. The fraction of sp³-hybridized carbons (Fsp3) is 0.417. The third kappa shape index (κ3) is 3.69. The lowest BCUT2D eigenvalue weighted by molar-refractivity contribution is 0.526. The average molecular weight is 206 g/mol. The van der Waals surface area contributed by atoms with Gasteiger partial charge in [0.1, 0.15) is 5.82 Å². The second-order valence-electron chi connectivity index (χ2n) is 3.32. The second-order valence-corrected chi connectivity index (χ2v) is 3.32. The van der Waals surface area contributed by atoms with Crippen LogP contribution in [0.1, 0.15) is 31.5 Å². The molecule has 0 radical (unpaired) electrons. The number of rotatable bonds is 5. The van der Waals surface area contributed by atoms with E-state index in [2.05, 4.69) is 23.1 Å². The van der Waals surface area contributed by atoms with Crippen LogP contribution in [0.5, 0.6) is 0 Å². The molecule has 80 valence electrons. The molecule has 0 aromatic carbocycles. The van der Waals surface area contributed by atoms with Crippen molar-refractivity contribution >= 4 is 0 Å². The van der Waals surface area contributed by atoms with Gasteiger partial charge in [-0.2, -0.15) is 0 Å². The van der Waals surface area contributed by atoms with Gasteiger partial charge in [-0.1, -0.05) is 6.92 Å². The molecule has 0 amide bonds. The fourth-order valence-corrected chi connectivity index (χ4v) is 1.31. The first kappa shape index (κ1) is 11.7. The largest absolute Gasteiger partial charge is 0.308 e. The highest BCUT2D eigenvalue weighted by molar-refractivity contribution is 5.12. The molecule has 0 aliphatic carbocycles. The monoisotopic (exact) mass is 206 g/mol. The standard InChI is InChI=1S/C12H15FN2/c1-3-5-11(14-8-4-2)12-7-6-10(13)9-15-12/h1,6-7,9,11,14H,4-5,8H2,2H3. The Balaban J connectivity index is 2.70. The van der Waals surface area contributed by atoms with Crippen LogP contribution in [0.25, 0.3) is 0 Å². The Morgan fingerprint density at radius 2 is 2.40 bits per heavy atom. The lowest BCUT2D eigenvalue weighted by atomic mass is 10.1. The molecule has 1 aromatic rings. The van der Waals surface area contributed by atoms with E-state index in [0.717, 1.165) is 18.7 Å². The number of nitrogens with zero attached hydrogens (tertiary/aromatic N) is 1. The fourth-order valence-electron chi connectivity index (χ4n) is 1.31. The summed E-state index contributed by atoms with van der Waals surface area (Å²) in [5, 5.41) is 3.28. The Hall–Kier alpha value is -1.40. The number of pyridine rings is 1. The first-order valence-corrected chi connectivity index (χ1v) is 5.06. The van der Waals surface area contributed by atoms with Crippen molar-refractivity contribution in [2.45, 2.75) is 25.8 Å². The number of hydrogen-bond acceptors (Lipinski definition) is 2. The Morgan fingerprint density at radius 1 is 1.60 bits per heavy atom. The van der Waals surface area contributed by atoms with Crippen LogP contribution in [0.3, 0.4) is 0 Å². The van der Waals surface area contributed by atoms with Gasteiger partial charge in [0.2, 0.25) is 0 Å². The summed E-state index contributed by atoms with van der Waals surface area (Å²) in [7, 11) is 0. The van der Waals surface area contributed by atoms with E-state index >= 15 is 0 Å². The zero-order chi connectivity index (χ0) is 11.1. The van der Waals surface area contributed by atoms with Crippen LogP contribution in [0, 0.1) is 18.2 Å². The van der Waals surface area contributed by atoms with E-state index in [9.17, 15) is 4.39 Å². The smallest absolute Gasteiger partial charge is 0.141 e. The maximum Gasteiger partial charge on any atom is 0.141 e. The van der Waals surface area contributed by atoms with Gasteiger partial charge < -0.3 is 5.32 Å². The molecular formula is C12H15FN2. The summed E-state index contributed by atoms with van der Waals surface area (Å²) in [6.07, 6.45) is 8.09. The summed E-state index contributed by atoms with van der Waals surface area (Å²) in [6, 6.07) is 3.09. The Kier molecular flexibility index (Phi) is 4.79. The van der Waals surface area contributed by atoms with Crippen LogP contribution in [0.15, 0.2) is 18.3 Å². The van der Waals surface area contributed by atoms with Crippen molar-refractivity contribution in [3.05, 3.63) is 29.8 Å². The normalized spacial score (nSPS) is 12.1. The van der Waals surface area contributed by atoms with Crippen molar-refractivity contribution in [3.63, 3.8) is 0 Å². The summed E-state index contributed by atoms with van der Waals surface area (Å²) in [6.45, 7) is 2.96. The van der Waals surface area contributed by atoms with E-state index in [1.54, 1.807) is 6.07 Å². The number of halogens is 1. The Morgan fingerprint density at radius 3 is 2.93 bits per heavy atom. The Bertz CT molecular complexity index is 326. The van der Waals surface area contributed by atoms with Crippen molar-refractivity contribution in [2.24, 2.45) is 0 Å². The highest BCUT2D eigenvalue weighted by Gasteiger charge is 2.10. The summed E-state index contributed by atoms with van der Waals surface area (Å²) >= 11 is 0. The molecule has 3 heteroatoms. The minimum absolute atomic E-state index is 0.0237. The first-order chi connectivity index (χ1) is 7.27. The zero-order valence-corrected chi connectivity index (χ0v) is 8.83. The lowest BCUT2D eigenvalue weighted by Gasteiger charge is -2.14. The molecule has 0 bridgehead atoms. The second kappa shape index (κ2) is 6.15. The SMILES string of the molecule is C#CCC(NCCC)c1ccc(F)cn1. The van der Waals surface area contributed by atoms with E-state index in [-0.39, 0.29) is 11.9 Å². The van der Waals surface area contributed by atoms with Crippen LogP contribution in [-0.2, 0) is 0 Å². The van der Waals surface area contributed by atoms with Gasteiger partial charge in [0.15, 0.2) is 0 Å². The first-order valence-electron chi connectivity index (χ1n) is 5.06. The van der Waals surface area contributed by atoms with Crippen LogP contribution >= 0.6 is 0 Å². The summed E-state index contributed by atoms with van der Waals surface area (Å²) in [5.41, 5.74) is 0.794. The van der Waals surface area contributed by atoms with E-state index in [1.165, 1.54) is 12.3 Å². The quantitative estimate of drug-likeness (QED) is 0.748. The molecule has 1 rings (SSSR count). The van der Waals surface area contributed by atoms with E-state index in [0.29, 0.717) is 6.42 Å². The van der Waals surface area contributed by atoms with Gasteiger partial charge >= 0.3 is 0 Å². The molecule has 0 saturated carbocycles. The number of nitrogens with one attached hydrogen (secondary N) is 1. The zero-order valence-electron chi connectivity index (χ0n) is 8.83. The molecule has 2 nitrogen and oxygen atoms in total. The van der Waals surface area contributed by atoms with Crippen molar-refractivity contribution in [1.29, 1.82) is 0 Å².